The molecule has 0 saturated carbocycles. The van der Waals surface area contributed by atoms with Crippen LogP contribution in [0.2, 0.25) is 0 Å². The van der Waals surface area contributed by atoms with Gasteiger partial charge >= 0.3 is 23.9 Å². The molecular formula is C32H30O9. The number of carbonyl (C=O) groups is 5. The average Bonchev–Trinajstić information content (AvgIpc) is 2.96. The summed E-state index contributed by atoms with van der Waals surface area (Å²) in [6.45, 7) is 6.12. The number of carboxylic acids is 4. The van der Waals surface area contributed by atoms with Crippen molar-refractivity contribution in [1.82, 2.24) is 0 Å². The molecule has 0 bridgehead atoms. The van der Waals surface area contributed by atoms with Crippen LogP contribution in [-0.2, 0) is 0 Å². The smallest absolute Gasteiger partial charge is 0.335 e. The van der Waals surface area contributed by atoms with E-state index in [2.05, 4.69) is 38.1 Å². The molecule has 212 valence electrons. The van der Waals surface area contributed by atoms with E-state index < -0.39 is 23.9 Å². The first-order valence-corrected chi connectivity index (χ1v) is 12.0. The molecule has 4 rings (SSSR count). The Balaban J connectivity index is 0.000000276. The molecule has 9 nitrogen and oxygen atoms in total. The fraction of sp³-hybridized carbons (Fsp3) is 0.0938. The van der Waals surface area contributed by atoms with Crippen LogP contribution in [0.25, 0.3) is 0 Å². The Kier molecular flexibility index (Phi) is 14.0. The summed E-state index contributed by atoms with van der Waals surface area (Å²) in [4.78, 5) is 51.4. The summed E-state index contributed by atoms with van der Waals surface area (Å²) in [6, 6.07) is 26.0. The van der Waals surface area contributed by atoms with Crippen molar-refractivity contribution in [2.45, 2.75) is 20.8 Å². The van der Waals surface area contributed by atoms with E-state index in [0.29, 0.717) is 17.4 Å². The Morgan fingerprint density at radius 1 is 0.415 bits per heavy atom. The Bertz CT molecular complexity index is 1380. The highest BCUT2D eigenvalue weighted by molar-refractivity contribution is 5.91. The zero-order valence-corrected chi connectivity index (χ0v) is 22.6. The van der Waals surface area contributed by atoms with Crippen LogP contribution in [-0.4, -0.2) is 50.6 Å². The number of aromatic carboxylic acids is 4. The molecule has 4 aromatic rings. The van der Waals surface area contributed by atoms with Gasteiger partial charge in [-0.15, -0.1) is 0 Å². The van der Waals surface area contributed by atoms with Crippen LogP contribution in [0.1, 0.15) is 68.5 Å². The van der Waals surface area contributed by atoms with Gasteiger partial charge in [0.1, 0.15) is 6.29 Å². The molecule has 0 unspecified atom stereocenters. The van der Waals surface area contributed by atoms with E-state index in [-0.39, 0.29) is 16.7 Å². The number of hydrogen-bond acceptors (Lipinski definition) is 5. The lowest BCUT2D eigenvalue weighted by atomic mass is 10.1. The number of carboxylic acid groups (broad SMARTS) is 4. The van der Waals surface area contributed by atoms with E-state index in [1.165, 1.54) is 59.7 Å². The first-order valence-electron chi connectivity index (χ1n) is 12.0. The van der Waals surface area contributed by atoms with Gasteiger partial charge in [-0.25, -0.2) is 19.2 Å². The Hall–Kier alpha value is -5.57. The maximum atomic E-state index is 10.3. The minimum absolute atomic E-state index is 0.0833. The quantitative estimate of drug-likeness (QED) is 0.206. The molecule has 4 aromatic carbocycles. The van der Waals surface area contributed by atoms with E-state index >= 15 is 0 Å². The molecule has 0 fully saturated rings. The van der Waals surface area contributed by atoms with E-state index in [9.17, 15) is 24.0 Å². The lowest BCUT2D eigenvalue weighted by molar-refractivity contribution is 0.0681. The van der Waals surface area contributed by atoms with Gasteiger partial charge in [-0.05, 0) is 69.3 Å². The standard InChI is InChI=1S/C8H6O4.C8H6O3.C8H8O2.C8H10/c9-7(10)5-1-2-6(4-3-5)8(11)12;9-5-6-1-3-7(4-2-6)8(10)11;1-6-2-4-7(5-3-6)8(9)10;1-7-3-5-8(2)6-4-7/h1-4H,(H,9,10)(H,11,12);1-5H,(H,10,11);2-5H,1H3,(H,9,10);3-6H,1-2H3. The van der Waals surface area contributed by atoms with Gasteiger partial charge in [-0.1, -0.05) is 65.2 Å². The molecule has 0 radical (unpaired) electrons. The minimum Gasteiger partial charge on any atom is -0.478 e. The fourth-order valence-corrected chi connectivity index (χ4v) is 2.79. The van der Waals surface area contributed by atoms with E-state index in [4.69, 9.17) is 20.4 Å². The predicted octanol–water partition coefficient (Wildman–Crippen LogP) is 6.28. The zero-order chi connectivity index (χ0) is 30.9. The average molecular weight is 559 g/mol. The molecule has 0 amide bonds. The third-order valence-corrected chi connectivity index (χ3v) is 5.19. The van der Waals surface area contributed by atoms with Crippen molar-refractivity contribution >= 4 is 30.2 Å². The lowest BCUT2D eigenvalue weighted by Crippen LogP contribution is -1.99. The van der Waals surface area contributed by atoms with Crippen LogP contribution in [0.15, 0.2) is 97.1 Å². The highest BCUT2D eigenvalue weighted by Gasteiger charge is 2.05. The normalized spacial score (nSPS) is 9.24. The van der Waals surface area contributed by atoms with Crippen molar-refractivity contribution in [3.8, 4) is 0 Å². The third-order valence-electron chi connectivity index (χ3n) is 5.19. The largest absolute Gasteiger partial charge is 0.478 e. The SMILES string of the molecule is Cc1ccc(C(=O)O)cc1.Cc1ccc(C)cc1.O=C(O)c1ccc(C(=O)O)cc1.O=Cc1ccc(C(=O)O)cc1. The van der Waals surface area contributed by atoms with Gasteiger partial charge in [0, 0.05) is 5.56 Å². The van der Waals surface area contributed by atoms with Gasteiger partial charge in [0.15, 0.2) is 0 Å². The highest BCUT2D eigenvalue weighted by atomic mass is 16.4. The van der Waals surface area contributed by atoms with Crippen LogP contribution in [0, 0.1) is 20.8 Å². The molecular weight excluding hydrogens is 528 g/mol. The molecule has 0 aromatic heterocycles. The second-order valence-electron chi connectivity index (χ2n) is 8.56. The summed E-state index contributed by atoms with van der Waals surface area (Å²) in [5.74, 6) is -3.98. The van der Waals surface area contributed by atoms with E-state index in [1.807, 2.05) is 6.92 Å². The molecule has 41 heavy (non-hydrogen) atoms. The van der Waals surface area contributed by atoms with Crippen molar-refractivity contribution in [3.63, 3.8) is 0 Å². The predicted molar refractivity (Wildman–Crippen MR) is 153 cm³/mol. The minimum atomic E-state index is -1.06. The second-order valence-corrected chi connectivity index (χ2v) is 8.56. The number of benzene rings is 4. The topological polar surface area (TPSA) is 166 Å². The van der Waals surface area contributed by atoms with Crippen LogP contribution in [0.3, 0.4) is 0 Å². The number of rotatable bonds is 5. The molecule has 0 aliphatic rings. The van der Waals surface area contributed by atoms with Gasteiger partial charge in [-0.2, -0.15) is 0 Å². The summed E-state index contributed by atoms with van der Waals surface area (Å²) >= 11 is 0. The second kappa shape index (κ2) is 17.1. The fourth-order valence-electron chi connectivity index (χ4n) is 2.79. The van der Waals surface area contributed by atoms with Crippen molar-refractivity contribution in [2.75, 3.05) is 0 Å². The maximum Gasteiger partial charge on any atom is 0.335 e. The lowest BCUT2D eigenvalue weighted by Gasteiger charge is -1.94. The number of aldehydes is 1. The molecule has 0 spiro atoms. The van der Waals surface area contributed by atoms with Crippen LogP contribution >= 0.6 is 0 Å². The number of aryl methyl sites for hydroxylation is 3. The molecule has 0 saturated heterocycles. The first kappa shape index (κ1) is 33.5. The van der Waals surface area contributed by atoms with Crippen LogP contribution in [0.5, 0.6) is 0 Å². The Labute approximate surface area is 237 Å². The van der Waals surface area contributed by atoms with E-state index in [1.54, 1.807) is 24.3 Å². The van der Waals surface area contributed by atoms with Crippen molar-refractivity contribution in [3.05, 3.63) is 142 Å². The van der Waals surface area contributed by atoms with Gasteiger partial charge in [0.25, 0.3) is 0 Å². The number of hydrogen-bond donors (Lipinski definition) is 4. The van der Waals surface area contributed by atoms with Crippen molar-refractivity contribution < 1.29 is 44.4 Å². The summed E-state index contributed by atoms with van der Waals surface area (Å²) in [7, 11) is 0. The van der Waals surface area contributed by atoms with E-state index in [0.717, 1.165) is 5.56 Å². The monoisotopic (exact) mass is 558 g/mol. The zero-order valence-electron chi connectivity index (χ0n) is 22.6. The molecule has 0 heterocycles. The Morgan fingerprint density at radius 2 is 0.610 bits per heavy atom. The van der Waals surface area contributed by atoms with Gasteiger partial charge in [0.2, 0.25) is 0 Å². The van der Waals surface area contributed by atoms with Crippen molar-refractivity contribution in [1.29, 1.82) is 0 Å². The number of carbonyl (C=O) groups excluding carboxylic acids is 1. The molecule has 9 heteroatoms. The third kappa shape index (κ3) is 13.2. The van der Waals surface area contributed by atoms with Gasteiger partial charge < -0.3 is 20.4 Å². The Morgan fingerprint density at radius 3 is 0.829 bits per heavy atom. The van der Waals surface area contributed by atoms with Gasteiger partial charge in [0.05, 0.1) is 22.3 Å². The van der Waals surface area contributed by atoms with Crippen LogP contribution < -0.4 is 0 Å². The van der Waals surface area contributed by atoms with Crippen molar-refractivity contribution in [2.24, 2.45) is 0 Å². The maximum absolute atomic E-state index is 10.3. The summed E-state index contributed by atoms with van der Waals surface area (Å²) in [5.41, 5.74) is 4.91. The molecule has 0 aliphatic heterocycles. The van der Waals surface area contributed by atoms with Crippen LogP contribution in [0.4, 0.5) is 0 Å². The molecule has 0 atom stereocenters. The summed E-state index contributed by atoms with van der Waals surface area (Å²) in [6.07, 6.45) is 0.672. The molecule has 0 aliphatic carbocycles. The molecule has 4 N–H and O–H groups in total. The summed E-state index contributed by atoms with van der Waals surface area (Å²) in [5, 5.41) is 33.9. The summed E-state index contributed by atoms with van der Waals surface area (Å²) < 4.78 is 0. The first-order chi connectivity index (χ1) is 19.3. The van der Waals surface area contributed by atoms with Gasteiger partial charge in [-0.3, -0.25) is 4.79 Å². The highest BCUT2D eigenvalue weighted by Crippen LogP contribution is 2.04.